The Morgan fingerprint density at radius 3 is 2.64 bits per heavy atom. The van der Waals surface area contributed by atoms with Crippen LogP contribution in [-0.2, 0) is 0 Å². The Labute approximate surface area is 92.4 Å². The highest BCUT2D eigenvalue weighted by atomic mass is 32.2. The van der Waals surface area contributed by atoms with Gasteiger partial charge < -0.3 is 5.32 Å². The van der Waals surface area contributed by atoms with E-state index in [0.29, 0.717) is 0 Å². The third-order valence-electron chi connectivity index (χ3n) is 3.69. The molecule has 1 N–H and O–H groups in total. The van der Waals surface area contributed by atoms with Crippen LogP contribution in [0.3, 0.4) is 0 Å². The first-order valence-electron chi connectivity index (χ1n) is 6.13. The molecule has 0 aromatic carbocycles. The summed E-state index contributed by atoms with van der Waals surface area (Å²) in [5.41, 5.74) is 0. The van der Waals surface area contributed by atoms with Gasteiger partial charge in [0.2, 0.25) is 0 Å². The van der Waals surface area contributed by atoms with Gasteiger partial charge in [0.1, 0.15) is 0 Å². The van der Waals surface area contributed by atoms with E-state index in [-0.39, 0.29) is 0 Å². The fourth-order valence-corrected chi connectivity index (χ4v) is 4.03. The normalized spacial score (nSPS) is 37.9. The molecule has 0 spiro atoms. The van der Waals surface area contributed by atoms with E-state index in [2.05, 4.69) is 24.0 Å². The van der Waals surface area contributed by atoms with E-state index < -0.39 is 0 Å². The van der Waals surface area contributed by atoms with E-state index in [9.17, 15) is 0 Å². The van der Waals surface area contributed by atoms with E-state index in [1.54, 1.807) is 0 Å². The fraction of sp³-hybridized carbons (Fsp3) is 1.00. The van der Waals surface area contributed by atoms with Gasteiger partial charge in [0.15, 0.2) is 0 Å². The van der Waals surface area contributed by atoms with Crippen LogP contribution >= 0.6 is 11.8 Å². The van der Waals surface area contributed by atoms with Crippen LogP contribution in [0.4, 0.5) is 0 Å². The Morgan fingerprint density at radius 1 is 1.14 bits per heavy atom. The Kier molecular flexibility index (Phi) is 4.18. The van der Waals surface area contributed by atoms with Crippen LogP contribution in [0.25, 0.3) is 0 Å². The summed E-state index contributed by atoms with van der Waals surface area (Å²) in [6, 6.07) is 0. The van der Waals surface area contributed by atoms with Crippen LogP contribution < -0.4 is 5.32 Å². The minimum Gasteiger partial charge on any atom is -0.316 e. The molecule has 3 unspecified atom stereocenters. The Bertz CT molecular complexity index is 166. The molecule has 14 heavy (non-hydrogen) atoms. The van der Waals surface area contributed by atoms with Crippen molar-refractivity contribution in [1.82, 2.24) is 5.32 Å². The van der Waals surface area contributed by atoms with Crippen molar-refractivity contribution in [2.75, 3.05) is 24.6 Å². The zero-order valence-corrected chi connectivity index (χ0v) is 10.1. The van der Waals surface area contributed by atoms with Crippen molar-refractivity contribution < 1.29 is 0 Å². The van der Waals surface area contributed by atoms with Gasteiger partial charge in [-0.15, -0.1) is 0 Å². The molecular weight excluding hydrogens is 190 g/mol. The third-order valence-corrected chi connectivity index (χ3v) is 4.92. The highest BCUT2D eigenvalue weighted by Crippen LogP contribution is 2.29. The number of hydrogen-bond acceptors (Lipinski definition) is 2. The van der Waals surface area contributed by atoms with Crippen molar-refractivity contribution in [3.63, 3.8) is 0 Å². The molecular formula is C12H23NS. The van der Waals surface area contributed by atoms with Crippen LogP contribution in [0.2, 0.25) is 0 Å². The zero-order valence-electron chi connectivity index (χ0n) is 9.30. The molecule has 1 aliphatic heterocycles. The molecule has 1 saturated heterocycles. The average Bonchev–Trinajstić information content (AvgIpc) is 2.77. The molecule has 1 heterocycles. The molecule has 2 aliphatic rings. The maximum Gasteiger partial charge on any atom is -0.00122 e. The monoisotopic (exact) mass is 213 g/mol. The summed E-state index contributed by atoms with van der Waals surface area (Å²) in [5.74, 6) is 5.74. The fourth-order valence-electron chi connectivity index (χ4n) is 2.75. The first kappa shape index (κ1) is 10.8. The lowest BCUT2D eigenvalue weighted by molar-refractivity contribution is 0.439. The first-order valence-corrected chi connectivity index (χ1v) is 7.28. The molecule has 82 valence electrons. The van der Waals surface area contributed by atoms with Gasteiger partial charge >= 0.3 is 0 Å². The van der Waals surface area contributed by atoms with Crippen molar-refractivity contribution >= 4 is 11.8 Å². The molecule has 1 saturated carbocycles. The molecule has 0 bridgehead atoms. The van der Waals surface area contributed by atoms with Gasteiger partial charge in [-0.1, -0.05) is 13.3 Å². The standard InChI is InChI=1S/C12H23NS/c1-10-2-3-11(6-10)7-13-8-12-4-5-14-9-12/h10-13H,2-9H2,1H3. The summed E-state index contributed by atoms with van der Waals surface area (Å²) in [6.07, 6.45) is 5.84. The summed E-state index contributed by atoms with van der Waals surface area (Å²) in [4.78, 5) is 0. The quantitative estimate of drug-likeness (QED) is 0.770. The SMILES string of the molecule is CC1CCC(CNCC2CCSC2)C1. The van der Waals surface area contributed by atoms with Crippen LogP contribution in [0.1, 0.15) is 32.6 Å². The molecule has 1 nitrogen and oxygen atoms in total. The molecule has 0 amide bonds. The van der Waals surface area contributed by atoms with E-state index in [1.807, 2.05) is 0 Å². The van der Waals surface area contributed by atoms with E-state index in [0.717, 1.165) is 17.8 Å². The predicted octanol–water partition coefficient (Wildman–Crippen LogP) is 2.77. The van der Waals surface area contributed by atoms with Gasteiger partial charge in [0.05, 0.1) is 0 Å². The van der Waals surface area contributed by atoms with Gasteiger partial charge in [0, 0.05) is 0 Å². The van der Waals surface area contributed by atoms with Crippen molar-refractivity contribution in [3.8, 4) is 0 Å². The molecule has 2 fully saturated rings. The lowest BCUT2D eigenvalue weighted by Crippen LogP contribution is -2.27. The summed E-state index contributed by atoms with van der Waals surface area (Å²) < 4.78 is 0. The topological polar surface area (TPSA) is 12.0 Å². The number of thioether (sulfide) groups is 1. The molecule has 2 rings (SSSR count). The van der Waals surface area contributed by atoms with E-state index in [4.69, 9.17) is 0 Å². The average molecular weight is 213 g/mol. The second-order valence-electron chi connectivity index (χ2n) is 5.17. The van der Waals surface area contributed by atoms with Gasteiger partial charge in [-0.3, -0.25) is 0 Å². The minimum atomic E-state index is 0.971. The van der Waals surface area contributed by atoms with Crippen LogP contribution in [-0.4, -0.2) is 24.6 Å². The van der Waals surface area contributed by atoms with Gasteiger partial charge in [-0.2, -0.15) is 11.8 Å². The highest BCUT2D eigenvalue weighted by Gasteiger charge is 2.21. The van der Waals surface area contributed by atoms with Crippen LogP contribution in [0.15, 0.2) is 0 Å². The molecule has 0 radical (unpaired) electrons. The maximum atomic E-state index is 3.68. The summed E-state index contributed by atoms with van der Waals surface area (Å²) in [6.45, 7) is 4.96. The van der Waals surface area contributed by atoms with Crippen molar-refractivity contribution in [2.24, 2.45) is 17.8 Å². The van der Waals surface area contributed by atoms with Crippen molar-refractivity contribution in [2.45, 2.75) is 32.6 Å². The lowest BCUT2D eigenvalue weighted by atomic mass is 10.1. The Hall–Kier alpha value is 0.310. The van der Waals surface area contributed by atoms with Gasteiger partial charge in [-0.25, -0.2) is 0 Å². The molecule has 0 aromatic heterocycles. The largest absolute Gasteiger partial charge is 0.316 e. The lowest BCUT2D eigenvalue weighted by Gasteiger charge is -2.13. The first-order chi connectivity index (χ1) is 6.84. The van der Waals surface area contributed by atoms with Gasteiger partial charge in [0.25, 0.3) is 0 Å². The summed E-state index contributed by atoms with van der Waals surface area (Å²) >= 11 is 2.13. The Balaban J connectivity index is 1.54. The smallest absolute Gasteiger partial charge is 0.00122 e. The van der Waals surface area contributed by atoms with Crippen LogP contribution in [0.5, 0.6) is 0 Å². The van der Waals surface area contributed by atoms with Crippen molar-refractivity contribution in [1.29, 1.82) is 0 Å². The maximum absolute atomic E-state index is 3.68. The predicted molar refractivity (Wildman–Crippen MR) is 64.8 cm³/mol. The van der Waals surface area contributed by atoms with E-state index >= 15 is 0 Å². The highest BCUT2D eigenvalue weighted by molar-refractivity contribution is 7.99. The second-order valence-corrected chi connectivity index (χ2v) is 6.32. The van der Waals surface area contributed by atoms with Crippen molar-refractivity contribution in [3.05, 3.63) is 0 Å². The number of hydrogen-bond donors (Lipinski definition) is 1. The molecule has 3 atom stereocenters. The molecule has 0 aromatic rings. The number of nitrogens with one attached hydrogen (secondary N) is 1. The molecule has 2 heteroatoms. The van der Waals surface area contributed by atoms with Gasteiger partial charge in [-0.05, 0) is 61.6 Å². The zero-order chi connectivity index (χ0) is 9.80. The summed E-state index contributed by atoms with van der Waals surface area (Å²) in [5, 5.41) is 3.68. The minimum absolute atomic E-state index is 0.971. The van der Waals surface area contributed by atoms with Crippen LogP contribution in [0, 0.1) is 17.8 Å². The molecule has 1 aliphatic carbocycles. The Morgan fingerprint density at radius 2 is 2.00 bits per heavy atom. The third kappa shape index (κ3) is 3.16. The summed E-state index contributed by atoms with van der Waals surface area (Å²) in [7, 11) is 0. The second kappa shape index (κ2) is 5.41. The van der Waals surface area contributed by atoms with E-state index in [1.165, 1.54) is 50.3 Å². The number of rotatable bonds is 4.